The van der Waals surface area contributed by atoms with Crippen molar-refractivity contribution in [3.63, 3.8) is 0 Å². The molecule has 0 aliphatic carbocycles. The van der Waals surface area contributed by atoms with Crippen LogP contribution in [0.5, 0.6) is 0 Å². The zero-order valence-electron chi connectivity index (χ0n) is 16.9. The van der Waals surface area contributed by atoms with E-state index in [0.29, 0.717) is 37.7 Å². The van der Waals surface area contributed by atoms with Crippen molar-refractivity contribution in [2.24, 2.45) is 0 Å². The smallest absolute Gasteiger partial charge is 0.272 e. The van der Waals surface area contributed by atoms with Crippen LogP contribution in [0.25, 0.3) is 11.4 Å². The number of aromatic nitrogens is 2. The van der Waals surface area contributed by atoms with Crippen LogP contribution >= 0.6 is 0 Å². The first kappa shape index (κ1) is 19.4. The van der Waals surface area contributed by atoms with Crippen molar-refractivity contribution in [2.75, 3.05) is 44.2 Å². The monoisotopic (exact) mass is 393 g/mol. The summed E-state index contributed by atoms with van der Waals surface area (Å²) < 4.78 is 0. The molecule has 2 amide bonds. The molecule has 4 rings (SSSR count). The minimum atomic E-state index is -0.0916. The van der Waals surface area contributed by atoms with Crippen molar-refractivity contribution in [3.05, 3.63) is 42.1 Å². The zero-order valence-corrected chi connectivity index (χ0v) is 16.9. The zero-order chi connectivity index (χ0) is 20.2. The lowest BCUT2D eigenvalue weighted by molar-refractivity contribution is -0.130. The molecule has 0 saturated carbocycles. The molecule has 7 nitrogen and oxygen atoms in total. The predicted octanol–water partition coefficient (Wildman–Crippen LogP) is 2.44. The SMILES string of the molecule is CC(=O)N1CCN(C(=O)c2cc(N3CCCCC3)nc(-c3ccccc3)n2)CC1. The lowest BCUT2D eigenvalue weighted by Crippen LogP contribution is -2.50. The summed E-state index contributed by atoms with van der Waals surface area (Å²) in [5.74, 6) is 1.37. The molecule has 152 valence electrons. The Kier molecular flexibility index (Phi) is 5.74. The number of benzene rings is 1. The first-order chi connectivity index (χ1) is 14.1. The van der Waals surface area contributed by atoms with Gasteiger partial charge in [-0.05, 0) is 19.3 Å². The number of rotatable bonds is 3. The van der Waals surface area contributed by atoms with E-state index >= 15 is 0 Å². The van der Waals surface area contributed by atoms with Gasteiger partial charge in [-0.1, -0.05) is 30.3 Å². The molecule has 3 heterocycles. The Bertz CT molecular complexity index is 872. The highest BCUT2D eigenvalue weighted by Gasteiger charge is 2.26. The van der Waals surface area contributed by atoms with Gasteiger partial charge in [0.15, 0.2) is 5.82 Å². The molecule has 2 aliphatic heterocycles. The summed E-state index contributed by atoms with van der Waals surface area (Å²) in [6.07, 6.45) is 3.52. The topological polar surface area (TPSA) is 69.6 Å². The van der Waals surface area contributed by atoms with Gasteiger partial charge in [-0.3, -0.25) is 9.59 Å². The van der Waals surface area contributed by atoms with Gasteiger partial charge in [-0.15, -0.1) is 0 Å². The Balaban J connectivity index is 1.63. The van der Waals surface area contributed by atoms with Crippen LogP contribution in [0, 0.1) is 0 Å². The second-order valence-corrected chi connectivity index (χ2v) is 7.65. The van der Waals surface area contributed by atoms with Gasteiger partial charge in [-0.2, -0.15) is 0 Å². The Morgan fingerprint density at radius 1 is 0.828 bits per heavy atom. The molecule has 7 heteroatoms. The lowest BCUT2D eigenvalue weighted by Gasteiger charge is -2.34. The van der Waals surface area contributed by atoms with E-state index in [4.69, 9.17) is 4.98 Å². The maximum absolute atomic E-state index is 13.2. The Morgan fingerprint density at radius 3 is 2.14 bits per heavy atom. The van der Waals surface area contributed by atoms with E-state index in [1.165, 1.54) is 6.42 Å². The fraction of sp³-hybridized carbons (Fsp3) is 0.455. The third kappa shape index (κ3) is 4.39. The van der Waals surface area contributed by atoms with E-state index in [9.17, 15) is 9.59 Å². The van der Waals surface area contributed by atoms with Crippen LogP contribution < -0.4 is 4.90 Å². The average molecular weight is 393 g/mol. The summed E-state index contributed by atoms with van der Waals surface area (Å²) in [5, 5.41) is 0. The number of carbonyl (C=O) groups excluding carboxylic acids is 2. The molecule has 2 aliphatic rings. The molecule has 0 atom stereocenters. The number of hydrogen-bond donors (Lipinski definition) is 0. The highest BCUT2D eigenvalue weighted by Crippen LogP contribution is 2.23. The Labute approximate surface area is 171 Å². The third-order valence-corrected chi connectivity index (χ3v) is 5.66. The number of nitrogens with zero attached hydrogens (tertiary/aromatic N) is 5. The summed E-state index contributed by atoms with van der Waals surface area (Å²) in [6, 6.07) is 11.6. The molecule has 29 heavy (non-hydrogen) atoms. The Hall–Kier alpha value is -2.96. The number of anilines is 1. The van der Waals surface area contributed by atoms with Crippen molar-refractivity contribution >= 4 is 17.6 Å². The molecule has 2 saturated heterocycles. The van der Waals surface area contributed by atoms with Gasteiger partial charge in [0.25, 0.3) is 5.91 Å². The van der Waals surface area contributed by atoms with Gasteiger partial charge in [0.05, 0.1) is 0 Å². The van der Waals surface area contributed by atoms with Crippen LogP contribution in [-0.4, -0.2) is 70.9 Å². The van der Waals surface area contributed by atoms with E-state index in [1.807, 2.05) is 36.4 Å². The molecule has 0 spiro atoms. The predicted molar refractivity (Wildman–Crippen MR) is 112 cm³/mol. The summed E-state index contributed by atoms with van der Waals surface area (Å²) >= 11 is 0. The van der Waals surface area contributed by atoms with Gasteiger partial charge in [0.2, 0.25) is 5.91 Å². The maximum Gasteiger partial charge on any atom is 0.272 e. The molecule has 2 fully saturated rings. The molecule has 0 unspecified atom stereocenters. The molecule has 1 aromatic heterocycles. The minimum Gasteiger partial charge on any atom is -0.356 e. The molecule has 2 aromatic rings. The maximum atomic E-state index is 13.2. The van der Waals surface area contributed by atoms with Crippen LogP contribution in [0.3, 0.4) is 0 Å². The number of piperidine rings is 1. The number of piperazine rings is 1. The average Bonchev–Trinajstić information content (AvgIpc) is 2.79. The highest BCUT2D eigenvalue weighted by molar-refractivity contribution is 5.93. The third-order valence-electron chi connectivity index (χ3n) is 5.66. The molecular weight excluding hydrogens is 366 g/mol. The molecule has 0 bridgehead atoms. The fourth-order valence-corrected chi connectivity index (χ4v) is 3.93. The normalized spacial score (nSPS) is 17.3. The van der Waals surface area contributed by atoms with Gasteiger partial charge < -0.3 is 14.7 Å². The summed E-state index contributed by atoms with van der Waals surface area (Å²) in [6.45, 7) is 5.67. The summed E-state index contributed by atoms with van der Waals surface area (Å²) in [7, 11) is 0. The molecule has 0 radical (unpaired) electrons. The van der Waals surface area contributed by atoms with Crippen molar-refractivity contribution in [2.45, 2.75) is 26.2 Å². The number of amides is 2. The van der Waals surface area contributed by atoms with E-state index in [1.54, 1.807) is 16.7 Å². The Morgan fingerprint density at radius 2 is 1.48 bits per heavy atom. The number of hydrogen-bond acceptors (Lipinski definition) is 5. The van der Waals surface area contributed by atoms with E-state index in [-0.39, 0.29) is 11.8 Å². The quantitative estimate of drug-likeness (QED) is 0.801. The van der Waals surface area contributed by atoms with Crippen LogP contribution in [0.15, 0.2) is 36.4 Å². The minimum absolute atomic E-state index is 0.0536. The highest BCUT2D eigenvalue weighted by atomic mass is 16.2. The second-order valence-electron chi connectivity index (χ2n) is 7.65. The van der Waals surface area contributed by atoms with Crippen molar-refractivity contribution in [1.29, 1.82) is 0 Å². The van der Waals surface area contributed by atoms with Gasteiger partial charge >= 0.3 is 0 Å². The number of carbonyl (C=O) groups is 2. The molecule has 0 N–H and O–H groups in total. The fourth-order valence-electron chi connectivity index (χ4n) is 3.93. The van der Waals surface area contributed by atoms with Gasteiger partial charge in [0, 0.05) is 57.8 Å². The first-order valence-electron chi connectivity index (χ1n) is 10.4. The van der Waals surface area contributed by atoms with Gasteiger partial charge in [0.1, 0.15) is 11.5 Å². The molecular formula is C22H27N5O2. The second kappa shape index (κ2) is 8.59. The van der Waals surface area contributed by atoms with Crippen LogP contribution in [0.4, 0.5) is 5.82 Å². The standard InChI is InChI=1S/C22H27N5O2/c1-17(28)25-12-14-27(15-13-25)22(29)19-16-20(26-10-6-3-7-11-26)24-21(23-19)18-8-4-2-5-9-18/h2,4-5,8-9,16H,3,6-7,10-15H2,1H3. The van der Waals surface area contributed by atoms with Crippen LogP contribution in [0.1, 0.15) is 36.7 Å². The first-order valence-corrected chi connectivity index (χ1v) is 10.4. The lowest BCUT2D eigenvalue weighted by atomic mass is 10.1. The summed E-state index contributed by atoms with van der Waals surface area (Å²) in [4.78, 5) is 40.0. The summed E-state index contributed by atoms with van der Waals surface area (Å²) in [5.41, 5.74) is 1.33. The van der Waals surface area contributed by atoms with Crippen LogP contribution in [0.2, 0.25) is 0 Å². The molecule has 1 aromatic carbocycles. The van der Waals surface area contributed by atoms with E-state index < -0.39 is 0 Å². The van der Waals surface area contributed by atoms with Crippen LogP contribution in [-0.2, 0) is 4.79 Å². The van der Waals surface area contributed by atoms with Gasteiger partial charge in [-0.25, -0.2) is 9.97 Å². The van der Waals surface area contributed by atoms with Crippen molar-refractivity contribution < 1.29 is 9.59 Å². The largest absolute Gasteiger partial charge is 0.356 e. The van der Waals surface area contributed by atoms with E-state index in [0.717, 1.165) is 37.3 Å². The van der Waals surface area contributed by atoms with Crippen molar-refractivity contribution in [3.8, 4) is 11.4 Å². The van der Waals surface area contributed by atoms with Crippen molar-refractivity contribution in [1.82, 2.24) is 19.8 Å². The van der Waals surface area contributed by atoms with E-state index in [2.05, 4.69) is 9.88 Å².